The van der Waals surface area contributed by atoms with Crippen molar-refractivity contribution in [2.24, 2.45) is 0 Å². The molecular formula is C18H22N2O. The summed E-state index contributed by atoms with van der Waals surface area (Å²) in [5.41, 5.74) is 2.48. The minimum atomic E-state index is 0.190. The summed E-state index contributed by atoms with van der Waals surface area (Å²) in [6, 6.07) is 12.8. The highest BCUT2D eigenvalue weighted by atomic mass is 16.5. The van der Waals surface area contributed by atoms with E-state index in [0.29, 0.717) is 6.10 Å². The second-order valence-corrected chi connectivity index (χ2v) is 5.56. The van der Waals surface area contributed by atoms with Crippen LogP contribution in [0.25, 0.3) is 0 Å². The van der Waals surface area contributed by atoms with Crippen molar-refractivity contribution in [2.75, 3.05) is 6.54 Å². The molecule has 1 N–H and O–H groups in total. The first-order valence-corrected chi connectivity index (χ1v) is 7.76. The summed E-state index contributed by atoms with van der Waals surface area (Å²) >= 11 is 0. The van der Waals surface area contributed by atoms with Gasteiger partial charge in [-0.15, -0.1) is 0 Å². The summed E-state index contributed by atoms with van der Waals surface area (Å²) < 4.78 is 5.92. The summed E-state index contributed by atoms with van der Waals surface area (Å²) in [5, 5.41) is 3.61. The Labute approximate surface area is 126 Å². The van der Waals surface area contributed by atoms with E-state index >= 15 is 0 Å². The van der Waals surface area contributed by atoms with Crippen LogP contribution in [0.15, 0.2) is 48.8 Å². The van der Waals surface area contributed by atoms with Gasteiger partial charge in [-0.25, -0.2) is 0 Å². The number of aromatic nitrogens is 1. The maximum atomic E-state index is 5.92. The van der Waals surface area contributed by atoms with E-state index in [4.69, 9.17) is 4.74 Å². The number of pyridine rings is 1. The van der Waals surface area contributed by atoms with Gasteiger partial charge in [0.25, 0.3) is 0 Å². The maximum Gasteiger partial charge on any atom is 0.120 e. The third kappa shape index (κ3) is 3.82. The molecule has 1 aliphatic rings. The van der Waals surface area contributed by atoms with Crippen LogP contribution in [-0.2, 0) is 0 Å². The molecule has 1 aromatic carbocycles. The minimum Gasteiger partial charge on any atom is -0.490 e. The molecule has 0 bridgehead atoms. The third-order valence-electron chi connectivity index (χ3n) is 3.66. The van der Waals surface area contributed by atoms with Crippen LogP contribution in [0.1, 0.15) is 43.4 Å². The zero-order valence-corrected chi connectivity index (χ0v) is 12.5. The molecule has 0 saturated heterocycles. The molecule has 0 spiro atoms. The Bertz CT molecular complexity index is 566. The minimum absolute atomic E-state index is 0.190. The standard InChI is InChI=1S/C18H22N2O/c1-2-10-20-18(14-8-11-19-12-9-14)15-4-3-5-17(13-15)21-16-6-7-16/h3-5,8-9,11-13,16,18,20H,2,6-7,10H2,1H3. The molecule has 3 heteroatoms. The molecule has 0 amide bonds. The number of ether oxygens (including phenoxy) is 1. The Morgan fingerprint density at radius 2 is 2.00 bits per heavy atom. The first-order chi connectivity index (χ1) is 10.4. The molecule has 21 heavy (non-hydrogen) atoms. The van der Waals surface area contributed by atoms with Crippen molar-refractivity contribution < 1.29 is 4.74 Å². The van der Waals surface area contributed by atoms with Gasteiger partial charge in [0.15, 0.2) is 0 Å². The van der Waals surface area contributed by atoms with Crippen LogP contribution in [0.5, 0.6) is 5.75 Å². The molecule has 1 saturated carbocycles. The highest BCUT2D eigenvalue weighted by molar-refractivity contribution is 5.36. The predicted octanol–water partition coefficient (Wildman–Crippen LogP) is 3.71. The lowest BCUT2D eigenvalue weighted by Gasteiger charge is -2.20. The van der Waals surface area contributed by atoms with Gasteiger partial charge in [0.1, 0.15) is 5.75 Å². The van der Waals surface area contributed by atoms with Gasteiger partial charge in [0.05, 0.1) is 12.1 Å². The van der Waals surface area contributed by atoms with Crippen LogP contribution in [0.2, 0.25) is 0 Å². The lowest BCUT2D eigenvalue weighted by molar-refractivity contribution is 0.302. The van der Waals surface area contributed by atoms with E-state index in [2.05, 4.69) is 47.6 Å². The Morgan fingerprint density at radius 3 is 2.71 bits per heavy atom. The zero-order valence-electron chi connectivity index (χ0n) is 12.5. The van der Waals surface area contributed by atoms with Crippen molar-refractivity contribution in [1.29, 1.82) is 0 Å². The van der Waals surface area contributed by atoms with E-state index in [0.717, 1.165) is 18.7 Å². The average Bonchev–Trinajstić information content (AvgIpc) is 3.33. The third-order valence-corrected chi connectivity index (χ3v) is 3.66. The maximum absolute atomic E-state index is 5.92. The number of benzene rings is 1. The zero-order chi connectivity index (χ0) is 14.5. The molecule has 1 unspecified atom stereocenters. The fourth-order valence-corrected chi connectivity index (χ4v) is 2.42. The summed E-state index contributed by atoms with van der Waals surface area (Å²) in [6.07, 6.45) is 7.61. The largest absolute Gasteiger partial charge is 0.490 e. The van der Waals surface area contributed by atoms with Gasteiger partial charge < -0.3 is 10.1 Å². The van der Waals surface area contributed by atoms with Gasteiger partial charge in [-0.3, -0.25) is 4.98 Å². The molecule has 1 aliphatic carbocycles. The SMILES string of the molecule is CCCNC(c1ccncc1)c1cccc(OC2CC2)c1. The quantitative estimate of drug-likeness (QED) is 0.840. The first kappa shape index (κ1) is 14.1. The summed E-state index contributed by atoms with van der Waals surface area (Å²) in [6.45, 7) is 3.17. The Morgan fingerprint density at radius 1 is 1.19 bits per heavy atom. The van der Waals surface area contributed by atoms with Crippen molar-refractivity contribution in [3.8, 4) is 5.75 Å². The Balaban J connectivity index is 1.84. The average molecular weight is 282 g/mol. The van der Waals surface area contributed by atoms with Crippen LogP contribution >= 0.6 is 0 Å². The molecule has 1 atom stereocenters. The van der Waals surface area contributed by atoms with Crippen molar-refractivity contribution in [3.63, 3.8) is 0 Å². The van der Waals surface area contributed by atoms with Crippen LogP contribution in [0, 0.1) is 0 Å². The van der Waals surface area contributed by atoms with E-state index in [1.807, 2.05) is 18.5 Å². The predicted molar refractivity (Wildman–Crippen MR) is 84.5 cm³/mol. The van der Waals surface area contributed by atoms with E-state index in [-0.39, 0.29) is 6.04 Å². The molecule has 110 valence electrons. The van der Waals surface area contributed by atoms with E-state index in [1.54, 1.807) is 0 Å². The molecule has 0 aliphatic heterocycles. The van der Waals surface area contributed by atoms with Crippen molar-refractivity contribution in [2.45, 2.75) is 38.3 Å². The number of nitrogens with zero attached hydrogens (tertiary/aromatic N) is 1. The molecule has 1 fully saturated rings. The van der Waals surface area contributed by atoms with Gasteiger partial charge in [-0.05, 0) is 61.2 Å². The van der Waals surface area contributed by atoms with E-state index in [1.165, 1.54) is 24.0 Å². The first-order valence-electron chi connectivity index (χ1n) is 7.76. The van der Waals surface area contributed by atoms with Gasteiger partial charge in [-0.2, -0.15) is 0 Å². The van der Waals surface area contributed by atoms with Crippen LogP contribution < -0.4 is 10.1 Å². The van der Waals surface area contributed by atoms with E-state index in [9.17, 15) is 0 Å². The van der Waals surface area contributed by atoms with Gasteiger partial charge in [-0.1, -0.05) is 19.1 Å². The lowest BCUT2D eigenvalue weighted by Crippen LogP contribution is -2.23. The summed E-state index contributed by atoms with van der Waals surface area (Å²) in [7, 11) is 0. The molecule has 3 rings (SSSR count). The monoisotopic (exact) mass is 282 g/mol. The van der Waals surface area contributed by atoms with Gasteiger partial charge in [0.2, 0.25) is 0 Å². The number of nitrogens with one attached hydrogen (secondary N) is 1. The van der Waals surface area contributed by atoms with Crippen LogP contribution in [0.4, 0.5) is 0 Å². The van der Waals surface area contributed by atoms with E-state index < -0.39 is 0 Å². The number of hydrogen-bond donors (Lipinski definition) is 1. The molecule has 3 nitrogen and oxygen atoms in total. The molecule has 2 aromatic rings. The fourth-order valence-electron chi connectivity index (χ4n) is 2.42. The van der Waals surface area contributed by atoms with Gasteiger partial charge >= 0.3 is 0 Å². The molecule has 1 heterocycles. The smallest absolute Gasteiger partial charge is 0.120 e. The second kappa shape index (κ2) is 6.72. The van der Waals surface area contributed by atoms with Crippen LogP contribution in [-0.4, -0.2) is 17.6 Å². The van der Waals surface area contributed by atoms with Crippen molar-refractivity contribution >= 4 is 0 Å². The second-order valence-electron chi connectivity index (χ2n) is 5.56. The molecule has 1 aromatic heterocycles. The summed E-state index contributed by atoms with van der Waals surface area (Å²) in [4.78, 5) is 4.11. The lowest BCUT2D eigenvalue weighted by atomic mass is 9.99. The topological polar surface area (TPSA) is 34.2 Å². The molecular weight excluding hydrogens is 260 g/mol. The Hall–Kier alpha value is -1.87. The van der Waals surface area contributed by atoms with Crippen LogP contribution in [0.3, 0.4) is 0 Å². The van der Waals surface area contributed by atoms with Crippen molar-refractivity contribution in [1.82, 2.24) is 10.3 Å². The van der Waals surface area contributed by atoms with Gasteiger partial charge in [0, 0.05) is 12.4 Å². The highest BCUT2D eigenvalue weighted by Crippen LogP contribution is 2.29. The highest BCUT2D eigenvalue weighted by Gasteiger charge is 2.24. The fraction of sp³-hybridized carbons (Fsp3) is 0.389. The molecule has 0 radical (unpaired) electrons. The summed E-state index contributed by atoms with van der Waals surface area (Å²) in [5.74, 6) is 0.979. The normalized spacial score (nSPS) is 15.7. The Kier molecular flexibility index (Phi) is 4.51. The van der Waals surface area contributed by atoms with Crippen molar-refractivity contribution in [3.05, 3.63) is 59.9 Å². The number of rotatable bonds is 7. The number of hydrogen-bond acceptors (Lipinski definition) is 3.